The van der Waals surface area contributed by atoms with Crippen molar-refractivity contribution in [3.05, 3.63) is 54.1 Å². The van der Waals surface area contributed by atoms with Crippen molar-refractivity contribution in [3.8, 4) is 0 Å². The van der Waals surface area contributed by atoms with Crippen molar-refractivity contribution >= 4 is 5.97 Å². The lowest BCUT2D eigenvalue weighted by atomic mass is 9.85. The van der Waals surface area contributed by atoms with E-state index in [-0.39, 0.29) is 12.1 Å². The number of hydrogen-bond acceptors (Lipinski definition) is 3. The summed E-state index contributed by atoms with van der Waals surface area (Å²) in [7, 11) is 0. The lowest BCUT2D eigenvalue weighted by Crippen LogP contribution is -2.24. The number of H-pyrrole nitrogens is 1. The second-order valence-corrected chi connectivity index (χ2v) is 5.25. The predicted molar refractivity (Wildman–Crippen MR) is 75.4 cm³/mol. The lowest BCUT2D eigenvalue weighted by molar-refractivity contribution is 0.0194. The Bertz CT molecular complexity index is 543. The van der Waals surface area contributed by atoms with E-state index in [9.17, 15) is 4.79 Å². The number of ether oxygens (including phenoxy) is 1. The molecular formula is C16H18N2O2. The van der Waals surface area contributed by atoms with Gasteiger partial charge < -0.3 is 9.72 Å². The van der Waals surface area contributed by atoms with E-state index in [1.54, 1.807) is 18.5 Å². The fraction of sp³-hybridized carbons (Fsp3) is 0.375. The maximum Gasteiger partial charge on any atom is 0.338 e. The molecule has 1 heterocycles. The summed E-state index contributed by atoms with van der Waals surface area (Å²) < 4.78 is 5.58. The molecule has 3 rings (SSSR count). The van der Waals surface area contributed by atoms with Crippen LogP contribution < -0.4 is 0 Å². The Kier molecular flexibility index (Phi) is 3.81. The zero-order valence-corrected chi connectivity index (χ0v) is 11.3. The standard InChI is InChI=1S/C16H18N2O2/c19-16(13-4-2-1-3-5-13)20-14-8-6-12(7-9-14)15-10-17-11-18-15/h1-5,10-12,14H,6-9H2,(H,17,18). The minimum absolute atomic E-state index is 0.0434. The predicted octanol–water partition coefficient (Wildman–Crippen LogP) is 3.29. The van der Waals surface area contributed by atoms with Crippen LogP contribution in [0, 0.1) is 0 Å². The molecule has 1 saturated carbocycles. The first-order chi connectivity index (χ1) is 9.83. The normalized spacial score (nSPS) is 22.4. The highest BCUT2D eigenvalue weighted by Crippen LogP contribution is 2.33. The molecule has 2 aromatic rings. The number of hydrogen-bond donors (Lipinski definition) is 1. The van der Waals surface area contributed by atoms with Crippen molar-refractivity contribution in [2.75, 3.05) is 0 Å². The van der Waals surface area contributed by atoms with Gasteiger partial charge in [0, 0.05) is 17.8 Å². The average Bonchev–Trinajstić information content (AvgIpc) is 3.03. The molecule has 0 saturated heterocycles. The molecule has 0 amide bonds. The summed E-state index contributed by atoms with van der Waals surface area (Å²) in [4.78, 5) is 19.2. The summed E-state index contributed by atoms with van der Waals surface area (Å²) in [5.74, 6) is 0.305. The molecule has 20 heavy (non-hydrogen) atoms. The van der Waals surface area contributed by atoms with Gasteiger partial charge in [-0.15, -0.1) is 0 Å². The van der Waals surface area contributed by atoms with E-state index in [0.717, 1.165) is 25.7 Å². The van der Waals surface area contributed by atoms with E-state index in [1.165, 1.54) is 5.69 Å². The van der Waals surface area contributed by atoms with Gasteiger partial charge in [0.2, 0.25) is 0 Å². The molecule has 4 heteroatoms. The van der Waals surface area contributed by atoms with E-state index >= 15 is 0 Å². The monoisotopic (exact) mass is 270 g/mol. The molecule has 1 N–H and O–H groups in total. The molecule has 0 aliphatic heterocycles. The van der Waals surface area contributed by atoms with Gasteiger partial charge in [0.15, 0.2) is 0 Å². The largest absolute Gasteiger partial charge is 0.459 e. The van der Waals surface area contributed by atoms with Crippen molar-refractivity contribution in [2.24, 2.45) is 0 Å². The summed E-state index contributed by atoms with van der Waals surface area (Å²) in [5.41, 5.74) is 1.82. The molecule has 0 unspecified atom stereocenters. The SMILES string of the molecule is O=C(OC1CCC(c2cnc[nH]2)CC1)c1ccccc1. The van der Waals surface area contributed by atoms with Crippen LogP contribution in [0.3, 0.4) is 0 Å². The maximum absolute atomic E-state index is 12.0. The second kappa shape index (κ2) is 5.90. The minimum Gasteiger partial charge on any atom is -0.459 e. The van der Waals surface area contributed by atoms with E-state index < -0.39 is 0 Å². The first kappa shape index (κ1) is 12.9. The number of aromatic amines is 1. The van der Waals surface area contributed by atoms with Crippen LogP contribution in [0.4, 0.5) is 0 Å². The molecule has 0 radical (unpaired) electrons. The van der Waals surface area contributed by atoms with Crippen molar-refractivity contribution < 1.29 is 9.53 Å². The summed E-state index contributed by atoms with van der Waals surface area (Å²) in [5, 5.41) is 0. The molecule has 0 bridgehead atoms. The highest BCUT2D eigenvalue weighted by molar-refractivity contribution is 5.89. The number of nitrogens with zero attached hydrogens (tertiary/aromatic N) is 1. The molecule has 0 atom stereocenters. The Morgan fingerprint density at radius 3 is 2.55 bits per heavy atom. The second-order valence-electron chi connectivity index (χ2n) is 5.25. The van der Waals surface area contributed by atoms with Gasteiger partial charge in [0.05, 0.1) is 11.9 Å². The third kappa shape index (κ3) is 2.90. The van der Waals surface area contributed by atoms with E-state index in [4.69, 9.17) is 4.74 Å². The summed E-state index contributed by atoms with van der Waals surface area (Å²) in [6, 6.07) is 9.18. The van der Waals surface area contributed by atoms with Gasteiger partial charge in [-0.3, -0.25) is 0 Å². The number of aromatic nitrogens is 2. The Morgan fingerprint density at radius 2 is 1.90 bits per heavy atom. The van der Waals surface area contributed by atoms with Crippen LogP contribution in [-0.4, -0.2) is 22.0 Å². The summed E-state index contributed by atoms with van der Waals surface area (Å²) >= 11 is 0. The number of carbonyl (C=O) groups is 1. The van der Waals surface area contributed by atoms with Crippen molar-refractivity contribution in [3.63, 3.8) is 0 Å². The van der Waals surface area contributed by atoms with E-state index in [2.05, 4.69) is 9.97 Å². The lowest BCUT2D eigenvalue weighted by Gasteiger charge is -2.27. The zero-order valence-electron chi connectivity index (χ0n) is 11.3. The quantitative estimate of drug-likeness (QED) is 0.871. The molecule has 1 aromatic heterocycles. The molecule has 104 valence electrons. The van der Waals surface area contributed by atoms with Gasteiger partial charge >= 0.3 is 5.97 Å². The molecular weight excluding hydrogens is 252 g/mol. The minimum atomic E-state index is -0.212. The number of benzene rings is 1. The van der Waals surface area contributed by atoms with Crippen LogP contribution in [0.25, 0.3) is 0 Å². The summed E-state index contributed by atoms with van der Waals surface area (Å²) in [6.07, 6.45) is 7.56. The zero-order chi connectivity index (χ0) is 13.8. The number of carbonyl (C=O) groups excluding carboxylic acids is 1. The van der Waals surface area contributed by atoms with Crippen LogP contribution in [0.2, 0.25) is 0 Å². The van der Waals surface area contributed by atoms with Gasteiger partial charge in [-0.2, -0.15) is 0 Å². The van der Waals surface area contributed by atoms with Crippen LogP contribution in [0.1, 0.15) is 47.7 Å². The van der Waals surface area contributed by atoms with Crippen molar-refractivity contribution in [1.29, 1.82) is 0 Å². The number of nitrogens with one attached hydrogen (secondary N) is 1. The van der Waals surface area contributed by atoms with Gasteiger partial charge in [0.25, 0.3) is 0 Å². The van der Waals surface area contributed by atoms with Gasteiger partial charge in [-0.1, -0.05) is 18.2 Å². The molecule has 1 aliphatic rings. The highest BCUT2D eigenvalue weighted by Gasteiger charge is 2.25. The van der Waals surface area contributed by atoms with Crippen LogP contribution in [0.5, 0.6) is 0 Å². The van der Waals surface area contributed by atoms with Gasteiger partial charge in [0.1, 0.15) is 6.10 Å². The first-order valence-corrected chi connectivity index (χ1v) is 7.07. The average molecular weight is 270 g/mol. The van der Waals surface area contributed by atoms with Crippen LogP contribution >= 0.6 is 0 Å². The Hall–Kier alpha value is -2.10. The molecule has 1 aromatic carbocycles. The maximum atomic E-state index is 12.0. The fourth-order valence-corrected chi connectivity index (χ4v) is 2.78. The third-order valence-electron chi connectivity index (χ3n) is 3.92. The molecule has 1 aliphatic carbocycles. The van der Waals surface area contributed by atoms with E-state index in [0.29, 0.717) is 11.5 Å². The Labute approximate surface area is 118 Å². The smallest absolute Gasteiger partial charge is 0.338 e. The molecule has 0 spiro atoms. The topological polar surface area (TPSA) is 55.0 Å². The number of imidazole rings is 1. The third-order valence-corrected chi connectivity index (χ3v) is 3.92. The number of esters is 1. The van der Waals surface area contributed by atoms with Crippen LogP contribution in [-0.2, 0) is 4.74 Å². The van der Waals surface area contributed by atoms with Crippen molar-refractivity contribution in [1.82, 2.24) is 9.97 Å². The molecule has 1 fully saturated rings. The van der Waals surface area contributed by atoms with E-state index in [1.807, 2.05) is 24.4 Å². The fourth-order valence-electron chi connectivity index (χ4n) is 2.78. The molecule has 4 nitrogen and oxygen atoms in total. The summed E-state index contributed by atoms with van der Waals surface area (Å²) in [6.45, 7) is 0. The van der Waals surface area contributed by atoms with Crippen molar-refractivity contribution in [2.45, 2.75) is 37.7 Å². The van der Waals surface area contributed by atoms with Gasteiger partial charge in [-0.05, 0) is 37.8 Å². The Balaban J connectivity index is 1.53. The highest BCUT2D eigenvalue weighted by atomic mass is 16.5. The Morgan fingerprint density at radius 1 is 1.15 bits per heavy atom. The van der Waals surface area contributed by atoms with Crippen LogP contribution in [0.15, 0.2) is 42.9 Å². The number of rotatable bonds is 3. The first-order valence-electron chi connectivity index (χ1n) is 7.07. The van der Waals surface area contributed by atoms with Gasteiger partial charge in [-0.25, -0.2) is 9.78 Å².